The van der Waals surface area contributed by atoms with Gasteiger partial charge in [-0.15, -0.1) is 0 Å². The zero-order valence-corrected chi connectivity index (χ0v) is 12.9. The summed E-state index contributed by atoms with van der Waals surface area (Å²) in [5.74, 6) is -1.57. The second-order valence-electron chi connectivity index (χ2n) is 6.05. The van der Waals surface area contributed by atoms with Crippen LogP contribution in [0, 0.1) is 11.6 Å². The summed E-state index contributed by atoms with van der Waals surface area (Å²) in [6, 6.07) is 3.39. The van der Waals surface area contributed by atoms with Crippen molar-refractivity contribution in [1.29, 1.82) is 0 Å². The summed E-state index contributed by atoms with van der Waals surface area (Å²) in [5, 5.41) is 3.39. The van der Waals surface area contributed by atoms with Crippen LogP contribution in [0.25, 0.3) is 0 Å². The van der Waals surface area contributed by atoms with Crippen molar-refractivity contribution < 1.29 is 13.5 Å². The van der Waals surface area contributed by atoms with Crippen LogP contribution in [0.1, 0.15) is 12.0 Å². The number of nitrogens with zero attached hydrogens (tertiary/aromatic N) is 2. The van der Waals surface area contributed by atoms with Crippen LogP contribution < -0.4 is 10.1 Å². The number of benzene rings is 1. The van der Waals surface area contributed by atoms with E-state index in [0.717, 1.165) is 39.3 Å². The van der Waals surface area contributed by atoms with Crippen LogP contribution in [0.5, 0.6) is 5.75 Å². The molecule has 0 amide bonds. The lowest BCUT2D eigenvalue weighted by Crippen LogP contribution is -2.50. The van der Waals surface area contributed by atoms with Crippen LogP contribution in [0.4, 0.5) is 8.78 Å². The lowest BCUT2D eigenvalue weighted by atomic mass is 10.1. The van der Waals surface area contributed by atoms with E-state index in [1.807, 2.05) is 0 Å². The minimum absolute atomic E-state index is 0.303. The fraction of sp³-hybridized carbons (Fsp3) is 0.625. The number of piperazine rings is 1. The smallest absolute Gasteiger partial charge is 0.190 e. The van der Waals surface area contributed by atoms with E-state index in [-0.39, 0.29) is 5.75 Å². The highest BCUT2D eigenvalue weighted by molar-refractivity contribution is 5.31. The summed E-state index contributed by atoms with van der Waals surface area (Å²) < 4.78 is 32.2. The normalized spacial score (nSPS) is 23.9. The molecule has 22 heavy (non-hydrogen) atoms. The van der Waals surface area contributed by atoms with Crippen LogP contribution >= 0.6 is 0 Å². The summed E-state index contributed by atoms with van der Waals surface area (Å²) in [6.07, 6.45) is 1.22. The van der Waals surface area contributed by atoms with Gasteiger partial charge in [-0.1, -0.05) is 0 Å². The summed E-state index contributed by atoms with van der Waals surface area (Å²) in [7, 11) is 1.28. The van der Waals surface area contributed by atoms with E-state index >= 15 is 0 Å². The predicted molar refractivity (Wildman–Crippen MR) is 81.0 cm³/mol. The van der Waals surface area contributed by atoms with E-state index in [4.69, 9.17) is 4.74 Å². The maximum Gasteiger partial charge on any atom is 0.190 e. The van der Waals surface area contributed by atoms with E-state index in [2.05, 4.69) is 15.1 Å². The minimum Gasteiger partial charge on any atom is -0.491 e. The highest BCUT2D eigenvalue weighted by atomic mass is 19.1. The first-order chi connectivity index (χ1) is 10.7. The van der Waals surface area contributed by atoms with Crippen molar-refractivity contribution in [3.8, 4) is 5.75 Å². The second kappa shape index (κ2) is 6.89. The molecule has 122 valence electrons. The Labute approximate surface area is 130 Å². The van der Waals surface area contributed by atoms with Crippen molar-refractivity contribution in [3.63, 3.8) is 0 Å². The Balaban J connectivity index is 1.56. The lowest BCUT2D eigenvalue weighted by Gasteiger charge is -2.37. The zero-order chi connectivity index (χ0) is 15.5. The third kappa shape index (κ3) is 3.39. The van der Waals surface area contributed by atoms with Crippen molar-refractivity contribution in [2.24, 2.45) is 0 Å². The molecule has 6 heteroatoms. The topological polar surface area (TPSA) is 27.7 Å². The van der Waals surface area contributed by atoms with Gasteiger partial charge in [0.1, 0.15) is 0 Å². The van der Waals surface area contributed by atoms with Crippen molar-refractivity contribution in [2.45, 2.75) is 19.0 Å². The van der Waals surface area contributed by atoms with Crippen molar-refractivity contribution in [2.75, 3.05) is 46.4 Å². The van der Waals surface area contributed by atoms with Gasteiger partial charge < -0.3 is 10.1 Å². The molecule has 2 heterocycles. The molecule has 0 unspecified atom stereocenters. The average Bonchev–Trinajstić information content (AvgIpc) is 3.02. The molecule has 1 N–H and O–H groups in total. The zero-order valence-electron chi connectivity index (χ0n) is 12.9. The standard InChI is InChI=1S/C16H23F2N3O/c1-22-16-14(17)8-12(9-15(16)18)11-20-4-6-21(7-5-20)13-2-3-19-10-13/h8-9,13,19H,2-7,10-11H2,1H3/t13-/m0/s1. The first kappa shape index (κ1) is 15.6. The highest BCUT2D eigenvalue weighted by Gasteiger charge is 2.26. The van der Waals surface area contributed by atoms with Crippen LogP contribution in [-0.2, 0) is 6.54 Å². The molecule has 3 rings (SSSR count). The maximum absolute atomic E-state index is 13.7. The molecule has 1 atom stereocenters. The first-order valence-electron chi connectivity index (χ1n) is 7.86. The van der Waals surface area contributed by atoms with E-state index in [1.165, 1.54) is 25.7 Å². The fourth-order valence-corrected chi connectivity index (χ4v) is 3.39. The van der Waals surface area contributed by atoms with E-state index in [1.54, 1.807) is 0 Å². The number of nitrogens with one attached hydrogen (secondary N) is 1. The highest BCUT2D eigenvalue weighted by Crippen LogP contribution is 2.24. The molecule has 1 aromatic carbocycles. The number of methoxy groups -OCH3 is 1. The van der Waals surface area contributed by atoms with Gasteiger partial charge in [-0.2, -0.15) is 0 Å². The number of halogens is 2. The summed E-state index contributed by atoms with van der Waals surface area (Å²) in [6.45, 7) is 6.68. The van der Waals surface area contributed by atoms with Gasteiger partial charge in [0.15, 0.2) is 17.4 Å². The Morgan fingerprint density at radius 3 is 2.41 bits per heavy atom. The third-order valence-corrected chi connectivity index (χ3v) is 4.63. The molecule has 0 radical (unpaired) electrons. The molecular formula is C16H23F2N3O. The van der Waals surface area contributed by atoms with Crippen molar-refractivity contribution >= 4 is 0 Å². The molecule has 2 saturated heterocycles. The van der Waals surface area contributed by atoms with Crippen LogP contribution in [0.2, 0.25) is 0 Å². The quantitative estimate of drug-likeness (QED) is 0.911. The fourth-order valence-electron chi connectivity index (χ4n) is 3.39. The third-order valence-electron chi connectivity index (χ3n) is 4.63. The Kier molecular flexibility index (Phi) is 4.90. The van der Waals surface area contributed by atoms with Crippen LogP contribution in [0.3, 0.4) is 0 Å². The number of hydrogen-bond acceptors (Lipinski definition) is 4. The van der Waals surface area contributed by atoms with E-state index < -0.39 is 11.6 Å². The van der Waals surface area contributed by atoms with Gasteiger partial charge in [-0.3, -0.25) is 9.80 Å². The molecule has 0 spiro atoms. The number of ether oxygens (including phenoxy) is 1. The minimum atomic E-state index is -0.631. The van der Waals surface area contributed by atoms with Gasteiger partial charge in [0, 0.05) is 45.3 Å². The van der Waals surface area contributed by atoms with E-state index in [9.17, 15) is 8.78 Å². The SMILES string of the molecule is COc1c(F)cc(CN2CCN([C@H]3CCNC3)CC2)cc1F. The molecule has 0 bridgehead atoms. The maximum atomic E-state index is 13.7. The summed E-state index contributed by atoms with van der Waals surface area (Å²) in [5.41, 5.74) is 0.659. The lowest BCUT2D eigenvalue weighted by molar-refractivity contribution is 0.0980. The van der Waals surface area contributed by atoms with Crippen molar-refractivity contribution in [3.05, 3.63) is 29.3 Å². The number of hydrogen-bond donors (Lipinski definition) is 1. The van der Waals surface area contributed by atoms with Gasteiger partial charge >= 0.3 is 0 Å². The largest absolute Gasteiger partial charge is 0.491 e. The van der Waals surface area contributed by atoms with Crippen molar-refractivity contribution in [1.82, 2.24) is 15.1 Å². The van der Waals surface area contributed by atoms with Gasteiger partial charge in [-0.05, 0) is 30.7 Å². The molecule has 0 aliphatic carbocycles. The molecular weight excluding hydrogens is 288 g/mol. The molecule has 0 aromatic heterocycles. The van der Waals surface area contributed by atoms with Gasteiger partial charge in [0.25, 0.3) is 0 Å². The Bertz CT molecular complexity index is 489. The molecule has 4 nitrogen and oxygen atoms in total. The second-order valence-corrected chi connectivity index (χ2v) is 6.05. The van der Waals surface area contributed by atoms with Gasteiger partial charge in [0.2, 0.25) is 0 Å². The Hall–Kier alpha value is -1.24. The summed E-state index contributed by atoms with van der Waals surface area (Å²) >= 11 is 0. The van der Waals surface area contributed by atoms with Crippen LogP contribution in [-0.4, -0.2) is 62.2 Å². The molecule has 1 aromatic rings. The first-order valence-corrected chi connectivity index (χ1v) is 7.86. The molecule has 2 fully saturated rings. The van der Waals surface area contributed by atoms with Gasteiger partial charge in [-0.25, -0.2) is 8.78 Å². The molecule has 2 aliphatic heterocycles. The Morgan fingerprint density at radius 2 is 1.86 bits per heavy atom. The monoisotopic (exact) mass is 311 g/mol. The molecule has 0 saturated carbocycles. The van der Waals surface area contributed by atoms with Gasteiger partial charge in [0.05, 0.1) is 7.11 Å². The van der Waals surface area contributed by atoms with E-state index in [0.29, 0.717) is 18.2 Å². The summed E-state index contributed by atoms with van der Waals surface area (Å²) in [4.78, 5) is 4.77. The predicted octanol–water partition coefficient (Wildman–Crippen LogP) is 1.45. The Morgan fingerprint density at radius 1 is 1.18 bits per heavy atom. The van der Waals surface area contributed by atoms with Crippen LogP contribution in [0.15, 0.2) is 12.1 Å². The average molecular weight is 311 g/mol. The molecule has 2 aliphatic rings. The number of rotatable bonds is 4.